The maximum absolute atomic E-state index is 12.8. The van der Waals surface area contributed by atoms with Gasteiger partial charge in [0, 0.05) is 37.7 Å². The number of benzene rings is 1. The van der Waals surface area contributed by atoms with Gasteiger partial charge >= 0.3 is 0 Å². The molecule has 3 rings (SSSR count). The van der Waals surface area contributed by atoms with E-state index in [-0.39, 0.29) is 41.5 Å². The standard InChI is InChI=1S/C35H53N3O4/c1-5-6-7-12-28(39)20-18-25-22-32(42-29-13-8-9-14-29)34(40)33-30(25)15-10-11-27(38-35(36)37)19-17-26(23-41-4)31(33)21-16-24(2)3/h7,12,22,24,26-27,29,31,40H,5-6,8-9,11,13-14,16-21,23H2,1-4H3,(H4,36,37,38)/t26?,27-,31-/m1/s1. The van der Waals surface area contributed by atoms with Crippen LogP contribution in [0.2, 0.25) is 0 Å². The third-order valence-corrected chi connectivity index (χ3v) is 8.51. The van der Waals surface area contributed by atoms with Crippen LogP contribution in [0.25, 0.3) is 0 Å². The first-order valence-electron chi connectivity index (χ1n) is 16.0. The summed E-state index contributed by atoms with van der Waals surface area (Å²) in [5, 5.41) is 11.9. The number of nitrogens with zero attached hydrogens (tertiary/aromatic N) is 1. The largest absolute Gasteiger partial charge is 0.504 e. The van der Waals surface area contributed by atoms with Gasteiger partial charge in [-0.25, -0.2) is 4.99 Å². The molecule has 1 fully saturated rings. The predicted octanol–water partition coefficient (Wildman–Crippen LogP) is 6.53. The van der Waals surface area contributed by atoms with Gasteiger partial charge in [-0.3, -0.25) is 4.79 Å². The molecule has 3 atom stereocenters. The lowest BCUT2D eigenvalue weighted by Crippen LogP contribution is -2.27. The van der Waals surface area contributed by atoms with Crippen LogP contribution >= 0.6 is 0 Å². The van der Waals surface area contributed by atoms with E-state index < -0.39 is 0 Å². The van der Waals surface area contributed by atoms with Crippen molar-refractivity contribution in [3.8, 4) is 23.3 Å². The number of guanidine groups is 1. The lowest BCUT2D eigenvalue weighted by molar-refractivity contribution is -0.114. The van der Waals surface area contributed by atoms with Gasteiger partial charge in [0.2, 0.25) is 0 Å². The minimum atomic E-state index is -0.110. The van der Waals surface area contributed by atoms with Crippen molar-refractivity contribution in [1.29, 1.82) is 0 Å². The van der Waals surface area contributed by atoms with Crippen molar-refractivity contribution in [2.45, 2.75) is 122 Å². The third-order valence-electron chi connectivity index (χ3n) is 8.51. The number of ketones is 1. The number of ether oxygens (including phenoxy) is 2. The van der Waals surface area contributed by atoms with Crippen LogP contribution in [0.5, 0.6) is 11.5 Å². The summed E-state index contributed by atoms with van der Waals surface area (Å²) in [5.74, 6) is 8.28. The van der Waals surface area contributed by atoms with Crippen molar-refractivity contribution in [2.75, 3.05) is 13.7 Å². The first kappa shape index (κ1) is 33.5. The molecule has 0 heterocycles. The average Bonchev–Trinajstić information content (AvgIpc) is 3.45. The van der Waals surface area contributed by atoms with Gasteiger partial charge in [-0.1, -0.05) is 51.5 Å². The molecule has 1 aromatic rings. The molecule has 0 radical (unpaired) electrons. The lowest BCUT2D eigenvalue weighted by Gasteiger charge is -2.32. The Morgan fingerprint density at radius 2 is 1.98 bits per heavy atom. The van der Waals surface area contributed by atoms with E-state index in [0.717, 1.165) is 80.9 Å². The summed E-state index contributed by atoms with van der Waals surface area (Å²) in [5.41, 5.74) is 14.2. The number of rotatable bonds is 14. The van der Waals surface area contributed by atoms with Gasteiger partial charge in [0.25, 0.3) is 0 Å². The molecule has 0 bridgehead atoms. The lowest BCUT2D eigenvalue weighted by atomic mass is 9.75. The topological polar surface area (TPSA) is 120 Å². The Labute approximate surface area is 253 Å². The molecule has 7 nitrogen and oxygen atoms in total. The Morgan fingerprint density at radius 1 is 1.21 bits per heavy atom. The zero-order chi connectivity index (χ0) is 30.5. The number of nitrogens with two attached hydrogens (primary N) is 2. The average molecular weight is 580 g/mol. The number of allylic oxidation sites excluding steroid dienone is 2. The SMILES string of the molecule is CCCC=CC(=O)CCc1cc(OC2CCCC2)c(O)c2c1C#CC[C@@H](N=C(N)N)CCC(COC)[C@H]2CCC(C)C. The first-order valence-corrected chi connectivity index (χ1v) is 16.0. The Hall–Kier alpha value is -2.98. The van der Waals surface area contributed by atoms with Crippen molar-refractivity contribution < 1.29 is 19.4 Å². The second-order valence-corrected chi connectivity index (χ2v) is 12.4. The number of carbonyl (C=O) groups is 1. The Balaban J connectivity index is 2.18. The minimum absolute atomic E-state index is 0.000586. The van der Waals surface area contributed by atoms with E-state index >= 15 is 0 Å². The van der Waals surface area contributed by atoms with Crippen LogP contribution in [-0.2, 0) is 16.0 Å². The quantitative estimate of drug-likeness (QED) is 0.0997. The Kier molecular flexibility index (Phi) is 13.7. The van der Waals surface area contributed by atoms with Crippen molar-refractivity contribution in [3.05, 3.63) is 34.9 Å². The van der Waals surface area contributed by atoms with Gasteiger partial charge in [0.05, 0.1) is 12.1 Å². The molecule has 232 valence electrons. The van der Waals surface area contributed by atoms with E-state index in [1.807, 2.05) is 12.1 Å². The smallest absolute Gasteiger partial charge is 0.186 e. The van der Waals surface area contributed by atoms with Crippen LogP contribution in [0.15, 0.2) is 23.2 Å². The summed E-state index contributed by atoms with van der Waals surface area (Å²) in [6.45, 7) is 7.10. The van der Waals surface area contributed by atoms with Gasteiger partial charge in [0.1, 0.15) is 0 Å². The van der Waals surface area contributed by atoms with E-state index in [1.165, 1.54) is 0 Å². The molecule has 1 aromatic carbocycles. The zero-order valence-electron chi connectivity index (χ0n) is 26.3. The monoisotopic (exact) mass is 579 g/mol. The van der Waals surface area contributed by atoms with E-state index in [1.54, 1.807) is 13.2 Å². The number of hydrogen-bond acceptors (Lipinski definition) is 5. The summed E-state index contributed by atoms with van der Waals surface area (Å²) in [6.07, 6.45) is 14.8. The molecule has 0 aliphatic heterocycles. The number of hydrogen-bond donors (Lipinski definition) is 3. The Bertz CT molecular complexity index is 1140. The highest BCUT2D eigenvalue weighted by Gasteiger charge is 2.32. The van der Waals surface area contributed by atoms with E-state index in [4.69, 9.17) is 20.9 Å². The molecule has 1 unspecified atom stereocenters. The first-order chi connectivity index (χ1) is 20.2. The van der Waals surface area contributed by atoms with Crippen LogP contribution in [-0.4, -0.2) is 42.7 Å². The predicted molar refractivity (Wildman–Crippen MR) is 171 cm³/mol. The van der Waals surface area contributed by atoms with Gasteiger partial charge in [-0.15, -0.1) is 0 Å². The zero-order valence-corrected chi connectivity index (χ0v) is 26.3. The number of aliphatic imine (C=N–C) groups is 1. The van der Waals surface area contributed by atoms with Gasteiger partial charge < -0.3 is 26.0 Å². The fourth-order valence-electron chi connectivity index (χ4n) is 6.26. The summed E-state index contributed by atoms with van der Waals surface area (Å²) < 4.78 is 12.2. The number of methoxy groups -OCH3 is 1. The van der Waals surface area contributed by atoms with Crippen LogP contribution in [0.3, 0.4) is 0 Å². The molecule has 5 N–H and O–H groups in total. The number of phenols is 1. The highest BCUT2D eigenvalue weighted by molar-refractivity contribution is 5.89. The molecule has 0 aromatic heterocycles. The van der Waals surface area contributed by atoms with Crippen molar-refractivity contribution in [3.63, 3.8) is 0 Å². The molecule has 1 saturated carbocycles. The maximum atomic E-state index is 12.8. The number of aryl methyl sites for hydroxylation is 1. The number of unbranched alkanes of at least 4 members (excludes halogenated alkanes) is 1. The fraction of sp³-hybridized carbons (Fsp3) is 0.657. The molecule has 2 aliphatic rings. The summed E-state index contributed by atoms with van der Waals surface area (Å²) in [4.78, 5) is 17.3. The molecule has 0 amide bonds. The van der Waals surface area contributed by atoms with Crippen LogP contribution < -0.4 is 16.2 Å². The number of phenolic OH excluding ortho intramolecular Hbond substituents is 1. The third kappa shape index (κ3) is 10.1. The van der Waals surface area contributed by atoms with E-state index in [9.17, 15) is 9.90 Å². The summed E-state index contributed by atoms with van der Waals surface area (Å²) >= 11 is 0. The van der Waals surface area contributed by atoms with Crippen molar-refractivity contribution in [2.24, 2.45) is 28.3 Å². The molecule has 0 spiro atoms. The van der Waals surface area contributed by atoms with E-state index in [0.29, 0.717) is 37.5 Å². The molecule has 42 heavy (non-hydrogen) atoms. The highest BCUT2D eigenvalue weighted by Crippen LogP contribution is 2.47. The molecule has 7 heteroatoms. The van der Waals surface area contributed by atoms with Crippen molar-refractivity contribution in [1.82, 2.24) is 0 Å². The molecule has 2 aliphatic carbocycles. The van der Waals surface area contributed by atoms with Gasteiger partial charge in [0.15, 0.2) is 23.2 Å². The maximum Gasteiger partial charge on any atom is 0.186 e. The van der Waals surface area contributed by atoms with Crippen LogP contribution in [0.4, 0.5) is 0 Å². The second-order valence-electron chi connectivity index (χ2n) is 12.4. The number of aromatic hydroxyl groups is 1. The second kappa shape index (κ2) is 17.2. The van der Waals surface area contributed by atoms with Crippen LogP contribution in [0, 0.1) is 23.7 Å². The Morgan fingerprint density at radius 3 is 2.64 bits per heavy atom. The highest BCUT2D eigenvalue weighted by atomic mass is 16.5. The van der Waals surface area contributed by atoms with E-state index in [2.05, 4.69) is 37.6 Å². The molecule has 0 saturated heterocycles. The number of fused-ring (bicyclic) bond motifs is 1. The summed E-state index contributed by atoms with van der Waals surface area (Å²) in [6, 6.07) is 1.83. The fourth-order valence-corrected chi connectivity index (χ4v) is 6.26. The van der Waals surface area contributed by atoms with Gasteiger partial charge in [-0.05, 0) is 93.2 Å². The number of carbonyl (C=O) groups excluding carboxylic acids is 1. The normalized spacial score (nSPS) is 21.1. The van der Waals surface area contributed by atoms with Crippen LogP contribution in [0.1, 0.15) is 120 Å². The minimum Gasteiger partial charge on any atom is -0.504 e. The van der Waals surface area contributed by atoms with Gasteiger partial charge in [-0.2, -0.15) is 0 Å². The summed E-state index contributed by atoms with van der Waals surface area (Å²) in [7, 11) is 1.73. The molecular weight excluding hydrogens is 526 g/mol. The van der Waals surface area contributed by atoms with Crippen molar-refractivity contribution >= 4 is 11.7 Å². The molecular formula is C35H53N3O4.